The normalized spacial score (nSPS) is 10.5. The zero-order chi connectivity index (χ0) is 14.4. The van der Waals surface area contributed by atoms with Crippen molar-refractivity contribution in [3.8, 4) is 0 Å². The van der Waals surface area contributed by atoms with E-state index in [0.29, 0.717) is 16.7 Å². The molecule has 1 amide bonds. The summed E-state index contributed by atoms with van der Waals surface area (Å²) in [4.78, 5) is 24.1. The van der Waals surface area contributed by atoms with E-state index < -0.39 is 17.6 Å². The summed E-state index contributed by atoms with van der Waals surface area (Å²) >= 11 is 0.391. The molecule has 0 heterocycles. The monoisotopic (exact) mass is 289 g/mol. The molecule has 0 spiro atoms. The van der Waals surface area contributed by atoms with Crippen LogP contribution in [0.5, 0.6) is 0 Å². The van der Waals surface area contributed by atoms with Crippen molar-refractivity contribution in [1.29, 1.82) is 0 Å². The van der Waals surface area contributed by atoms with Gasteiger partial charge in [-0.2, -0.15) is 8.78 Å². The third-order valence-corrected chi connectivity index (χ3v) is 3.04. The Labute approximate surface area is 113 Å². The maximum Gasteiger partial charge on any atom is 0.323 e. The van der Waals surface area contributed by atoms with Crippen LogP contribution in [-0.2, 0) is 4.79 Å². The van der Waals surface area contributed by atoms with Crippen LogP contribution in [0, 0.1) is 0 Å². The lowest BCUT2D eigenvalue weighted by atomic mass is 10.2. The molecule has 0 bridgehead atoms. The predicted octanol–water partition coefficient (Wildman–Crippen LogP) is 2.55. The first kappa shape index (κ1) is 15.4. The van der Waals surface area contributed by atoms with Crippen molar-refractivity contribution >= 4 is 23.6 Å². The van der Waals surface area contributed by atoms with Crippen LogP contribution in [0.25, 0.3) is 0 Å². The predicted molar refractivity (Wildman–Crippen MR) is 67.5 cm³/mol. The van der Waals surface area contributed by atoms with Gasteiger partial charge in [0.05, 0.1) is 0 Å². The van der Waals surface area contributed by atoms with Crippen LogP contribution in [0.15, 0.2) is 29.2 Å². The van der Waals surface area contributed by atoms with Crippen molar-refractivity contribution in [3.63, 3.8) is 0 Å². The van der Waals surface area contributed by atoms with E-state index in [1.807, 2.05) is 0 Å². The second-order valence-electron chi connectivity index (χ2n) is 3.62. The van der Waals surface area contributed by atoms with E-state index in [1.54, 1.807) is 6.92 Å². The maximum atomic E-state index is 12.1. The van der Waals surface area contributed by atoms with Gasteiger partial charge in [0, 0.05) is 17.0 Å². The van der Waals surface area contributed by atoms with Gasteiger partial charge in [-0.25, -0.2) is 0 Å². The summed E-state index contributed by atoms with van der Waals surface area (Å²) in [5.41, 5.74) is 0.279. The van der Waals surface area contributed by atoms with Crippen LogP contribution >= 0.6 is 11.8 Å². The van der Waals surface area contributed by atoms with Crippen LogP contribution in [0.3, 0.4) is 0 Å². The minimum Gasteiger partial charge on any atom is -0.480 e. The van der Waals surface area contributed by atoms with Gasteiger partial charge in [0.15, 0.2) is 0 Å². The Balaban J connectivity index is 2.78. The van der Waals surface area contributed by atoms with E-state index in [4.69, 9.17) is 5.11 Å². The van der Waals surface area contributed by atoms with Crippen molar-refractivity contribution in [2.45, 2.75) is 17.6 Å². The lowest BCUT2D eigenvalue weighted by Crippen LogP contribution is -2.35. The Hall–Kier alpha value is -1.63. The molecule has 0 atom stereocenters. The van der Waals surface area contributed by atoms with Gasteiger partial charge in [0.25, 0.3) is 11.7 Å². The molecule has 0 aliphatic carbocycles. The second kappa shape index (κ2) is 7.08. The average molecular weight is 289 g/mol. The summed E-state index contributed by atoms with van der Waals surface area (Å²) in [6.07, 6.45) is 0. The highest BCUT2D eigenvalue weighted by molar-refractivity contribution is 7.99. The van der Waals surface area contributed by atoms with Gasteiger partial charge >= 0.3 is 5.97 Å². The molecular weight excluding hydrogens is 276 g/mol. The molecule has 0 fully saturated rings. The molecule has 0 aromatic heterocycles. The standard InChI is InChI=1S/C12H13F2NO3S/c1-2-15(7-10(16)17)11(18)8-3-5-9(6-4-8)19-12(13)14/h3-6,12H,2,7H2,1H3,(H,16,17). The summed E-state index contributed by atoms with van der Waals surface area (Å²) in [6.45, 7) is 1.55. The number of carboxylic acid groups (broad SMARTS) is 1. The number of carbonyl (C=O) groups is 2. The number of carboxylic acids is 1. The molecule has 0 unspecified atom stereocenters. The van der Waals surface area contributed by atoms with Crippen molar-refractivity contribution in [3.05, 3.63) is 29.8 Å². The van der Waals surface area contributed by atoms with Crippen molar-refractivity contribution in [2.24, 2.45) is 0 Å². The number of carbonyl (C=O) groups excluding carboxylic acids is 1. The van der Waals surface area contributed by atoms with Crippen molar-refractivity contribution in [2.75, 3.05) is 13.1 Å². The molecule has 1 aromatic rings. The molecule has 1 aromatic carbocycles. The highest BCUT2D eigenvalue weighted by Crippen LogP contribution is 2.25. The maximum absolute atomic E-state index is 12.1. The third kappa shape index (κ3) is 4.86. The Morgan fingerprint density at radius 3 is 2.32 bits per heavy atom. The molecule has 0 saturated carbocycles. The molecule has 0 saturated heterocycles. The minimum atomic E-state index is -2.51. The first-order valence-corrected chi connectivity index (χ1v) is 6.38. The average Bonchev–Trinajstić information content (AvgIpc) is 2.35. The van der Waals surface area contributed by atoms with Crippen LogP contribution in [0.2, 0.25) is 0 Å². The van der Waals surface area contributed by atoms with Crippen LogP contribution < -0.4 is 0 Å². The summed E-state index contributed by atoms with van der Waals surface area (Å²) in [5, 5.41) is 8.67. The molecule has 0 aliphatic heterocycles. The van der Waals surface area contributed by atoms with Gasteiger partial charge in [0.2, 0.25) is 0 Å². The van der Waals surface area contributed by atoms with Gasteiger partial charge < -0.3 is 10.0 Å². The summed E-state index contributed by atoms with van der Waals surface area (Å²) in [7, 11) is 0. The zero-order valence-corrected chi connectivity index (χ0v) is 11.0. The summed E-state index contributed by atoms with van der Waals surface area (Å²) in [6, 6.07) is 5.66. The number of likely N-dealkylation sites (N-methyl/N-ethyl adjacent to an activating group) is 1. The van der Waals surface area contributed by atoms with Crippen molar-refractivity contribution in [1.82, 2.24) is 4.90 Å². The number of hydrogen-bond acceptors (Lipinski definition) is 3. The molecule has 7 heteroatoms. The van der Waals surface area contributed by atoms with Gasteiger partial charge in [-0.3, -0.25) is 9.59 Å². The smallest absolute Gasteiger partial charge is 0.323 e. The van der Waals surface area contributed by atoms with Gasteiger partial charge in [-0.15, -0.1) is 0 Å². The van der Waals surface area contributed by atoms with E-state index >= 15 is 0 Å². The van der Waals surface area contributed by atoms with E-state index in [1.165, 1.54) is 24.3 Å². The number of halogens is 2. The highest BCUT2D eigenvalue weighted by atomic mass is 32.2. The Morgan fingerprint density at radius 1 is 1.32 bits per heavy atom. The Morgan fingerprint density at radius 2 is 1.89 bits per heavy atom. The van der Waals surface area contributed by atoms with Crippen LogP contribution in [-0.4, -0.2) is 40.7 Å². The number of amides is 1. The van der Waals surface area contributed by atoms with Gasteiger partial charge in [-0.05, 0) is 31.2 Å². The Kier molecular flexibility index (Phi) is 5.75. The first-order chi connectivity index (χ1) is 8.93. The third-order valence-electron chi connectivity index (χ3n) is 2.32. The van der Waals surface area contributed by atoms with Crippen LogP contribution in [0.4, 0.5) is 8.78 Å². The fourth-order valence-electron chi connectivity index (χ4n) is 1.45. The molecule has 1 N–H and O–H groups in total. The number of benzene rings is 1. The number of thioether (sulfide) groups is 1. The Bertz CT molecular complexity index is 451. The summed E-state index contributed by atoms with van der Waals surface area (Å²) in [5.74, 6) is -4.04. The minimum absolute atomic E-state index is 0.263. The van der Waals surface area contributed by atoms with E-state index in [2.05, 4.69) is 0 Å². The molecule has 0 aliphatic rings. The highest BCUT2D eigenvalue weighted by Gasteiger charge is 2.17. The van der Waals surface area contributed by atoms with Crippen molar-refractivity contribution < 1.29 is 23.5 Å². The van der Waals surface area contributed by atoms with E-state index in [-0.39, 0.29) is 18.7 Å². The van der Waals surface area contributed by atoms with E-state index in [9.17, 15) is 18.4 Å². The summed E-state index contributed by atoms with van der Waals surface area (Å²) < 4.78 is 24.3. The topological polar surface area (TPSA) is 57.6 Å². The number of alkyl halides is 2. The number of aliphatic carboxylic acids is 1. The molecule has 19 heavy (non-hydrogen) atoms. The first-order valence-electron chi connectivity index (χ1n) is 5.50. The fraction of sp³-hybridized carbons (Fsp3) is 0.333. The van der Waals surface area contributed by atoms with Gasteiger partial charge in [-0.1, -0.05) is 11.8 Å². The number of nitrogens with zero attached hydrogens (tertiary/aromatic N) is 1. The second-order valence-corrected chi connectivity index (χ2v) is 4.68. The zero-order valence-electron chi connectivity index (χ0n) is 10.2. The fourth-order valence-corrected chi connectivity index (χ4v) is 1.95. The molecule has 1 rings (SSSR count). The van der Waals surface area contributed by atoms with E-state index in [0.717, 1.165) is 4.90 Å². The molecular formula is C12H13F2NO3S. The molecule has 104 valence electrons. The lowest BCUT2D eigenvalue weighted by Gasteiger charge is -2.18. The quantitative estimate of drug-likeness (QED) is 0.818. The van der Waals surface area contributed by atoms with Gasteiger partial charge in [0.1, 0.15) is 6.54 Å². The lowest BCUT2D eigenvalue weighted by molar-refractivity contribution is -0.137. The number of hydrogen-bond donors (Lipinski definition) is 1. The number of rotatable bonds is 6. The molecule has 4 nitrogen and oxygen atoms in total. The largest absolute Gasteiger partial charge is 0.480 e. The molecule has 0 radical (unpaired) electrons. The SMILES string of the molecule is CCN(CC(=O)O)C(=O)c1ccc(SC(F)F)cc1. The van der Waals surface area contributed by atoms with Crippen LogP contribution in [0.1, 0.15) is 17.3 Å².